The SMILES string of the molecule is COCCOCCO[C@H](c1cc2c(cc1Br)OCO2)[C@@H](C)Br. The molecule has 2 rings (SSSR count). The first kappa shape index (κ1) is 18.0. The van der Waals surface area contributed by atoms with Crippen molar-refractivity contribution in [1.82, 2.24) is 0 Å². The summed E-state index contributed by atoms with van der Waals surface area (Å²) in [6.45, 7) is 4.50. The lowest BCUT2D eigenvalue weighted by atomic mass is 10.1. The summed E-state index contributed by atoms with van der Waals surface area (Å²) in [7, 11) is 1.65. The van der Waals surface area contributed by atoms with Crippen molar-refractivity contribution in [3.05, 3.63) is 22.2 Å². The molecule has 0 spiro atoms. The van der Waals surface area contributed by atoms with Gasteiger partial charge >= 0.3 is 0 Å². The van der Waals surface area contributed by atoms with Crippen molar-refractivity contribution in [2.45, 2.75) is 17.9 Å². The number of fused-ring (bicyclic) bond motifs is 1. The van der Waals surface area contributed by atoms with Crippen molar-refractivity contribution < 1.29 is 23.7 Å². The van der Waals surface area contributed by atoms with Crippen molar-refractivity contribution >= 4 is 31.9 Å². The van der Waals surface area contributed by atoms with Gasteiger partial charge in [0.2, 0.25) is 6.79 Å². The first-order chi connectivity index (χ1) is 10.6. The third kappa shape index (κ3) is 4.83. The van der Waals surface area contributed by atoms with Crippen molar-refractivity contribution in [1.29, 1.82) is 0 Å². The minimum atomic E-state index is -0.116. The van der Waals surface area contributed by atoms with E-state index in [1.54, 1.807) is 7.11 Å². The smallest absolute Gasteiger partial charge is 0.231 e. The molecule has 1 heterocycles. The number of benzene rings is 1. The number of methoxy groups -OCH3 is 1. The van der Waals surface area contributed by atoms with Crippen molar-refractivity contribution in [3.8, 4) is 11.5 Å². The molecule has 0 fully saturated rings. The molecule has 0 saturated carbocycles. The highest BCUT2D eigenvalue weighted by Crippen LogP contribution is 2.41. The highest BCUT2D eigenvalue weighted by Gasteiger charge is 2.24. The Balaban J connectivity index is 1.96. The summed E-state index contributed by atoms with van der Waals surface area (Å²) in [4.78, 5) is 0.142. The van der Waals surface area contributed by atoms with Gasteiger partial charge in [-0.05, 0) is 19.1 Å². The van der Waals surface area contributed by atoms with E-state index in [4.69, 9.17) is 23.7 Å². The van der Waals surface area contributed by atoms with Crippen LogP contribution in [-0.2, 0) is 14.2 Å². The summed E-state index contributed by atoms with van der Waals surface area (Å²) in [6, 6.07) is 3.87. The van der Waals surface area contributed by atoms with E-state index >= 15 is 0 Å². The molecule has 0 unspecified atom stereocenters. The van der Waals surface area contributed by atoms with Crippen LogP contribution in [-0.4, -0.2) is 45.2 Å². The van der Waals surface area contributed by atoms with Gasteiger partial charge in [0.25, 0.3) is 0 Å². The molecule has 1 aromatic carbocycles. The zero-order chi connectivity index (χ0) is 15.9. The van der Waals surface area contributed by atoms with Gasteiger partial charge in [0.15, 0.2) is 11.5 Å². The van der Waals surface area contributed by atoms with E-state index in [1.807, 2.05) is 19.1 Å². The average Bonchev–Trinajstić information content (AvgIpc) is 2.93. The second-order valence-electron chi connectivity index (χ2n) is 4.80. The Labute approximate surface area is 147 Å². The normalized spacial score (nSPS) is 15.8. The average molecular weight is 440 g/mol. The van der Waals surface area contributed by atoms with Crippen LogP contribution in [0.4, 0.5) is 0 Å². The maximum Gasteiger partial charge on any atom is 0.231 e. The van der Waals surface area contributed by atoms with Gasteiger partial charge in [0, 0.05) is 22.0 Å². The molecule has 2 atom stereocenters. The lowest BCUT2D eigenvalue weighted by molar-refractivity contribution is -0.00622. The van der Waals surface area contributed by atoms with Gasteiger partial charge in [-0.25, -0.2) is 0 Å². The van der Waals surface area contributed by atoms with E-state index in [0.29, 0.717) is 26.4 Å². The minimum Gasteiger partial charge on any atom is -0.454 e. The summed E-state index contributed by atoms with van der Waals surface area (Å²) in [5, 5.41) is 0. The molecule has 0 radical (unpaired) electrons. The van der Waals surface area contributed by atoms with E-state index in [0.717, 1.165) is 21.5 Å². The van der Waals surface area contributed by atoms with Crippen LogP contribution in [0.25, 0.3) is 0 Å². The molecule has 0 aliphatic carbocycles. The minimum absolute atomic E-state index is 0.116. The van der Waals surface area contributed by atoms with Crippen LogP contribution in [0.2, 0.25) is 0 Å². The number of hydrogen-bond acceptors (Lipinski definition) is 5. The highest BCUT2D eigenvalue weighted by molar-refractivity contribution is 9.10. The molecule has 0 saturated heterocycles. The number of hydrogen-bond donors (Lipinski definition) is 0. The Morgan fingerprint density at radius 1 is 1.14 bits per heavy atom. The molecule has 0 N–H and O–H groups in total. The quantitative estimate of drug-likeness (QED) is 0.433. The van der Waals surface area contributed by atoms with Crippen LogP contribution in [0.1, 0.15) is 18.6 Å². The predicted molar refractivity (Wildman–Crippen MR) is 90.0 cm³/mol. The number of halogens is 2. The van der Waals surface area contributed by atoms with Crippen molar-refractivity contribution in [2.75, 3.05) is 40.3 Å². The molecule has 124 valence electrons. The van der Waals surface area contributed by atoms with E-state index in [9.17, 15) is 0 Å². The zero-order valence-corrected chi connectivity index (χ0v) is 15.8. The van der Waals surface area contributed by atoms with Gasteiger partial charge in [-0.1, -0.05) is 31.9 Å². The molecule has 0 amide bonds. The summed E-state index contributed by atoms with van der Waals surface area (Å²) in [5.41, 5.74) is 1.02. The fourth-order valence-corrected chi connectivity index (χ4v) is 3.08. The highest BCUT2D eigenvalue weighted by atomic mass is 79.9. The van der Waals surface area contributed by atoms with Crippen LogP contribution in [0.15, 0.2) is 16.6 Å². The fourth-order valence-electron chi connectivity index (χ4n) is 2.10. The molecule has 5 nitrogen and oxygen atoms in total. The summed E-state index contributed by atoms with van der Waals surface area (Å²) in [6.07, 6.45) is -0.116. The molecular weight excluding hydrogens is 420 g/mol. The van der Waals surface area contributed by atoms with Gasteiger partial charge in [0.05, 0.1) is 32.5 Å². The lowest BCUT2D eigenvalue weighted by Gasteiger charge is -2.22. The summed E-state index contributed by atoms with van der Waals surface area (Å²) in [5.74, 6) is 1.50. The van der Waals surface area contributed by atoms with Crippen molar-refractivity contribution in [3.63, 3.8) is 0 Å². The Morgan fingerprint density at radius 3 is 2.50 bits per heavy atom. The van der Waals surface area contributed by atoms with Crippen LogP contribution >= 0.6 is 31.9 Å². The zero-order valence-electron chi connectivity index (χ0n) is 12.6. The van der Waals surface area contributed by atoms with E-state index < -0.39 is 0 Å². The third-order valence-corrected chi connectivity index (χ3v) is 4.34. The van der Waals surface area contributed by atoms with Crippen LogP contribution in [0.5, 0.6) is 11.5 Å². The van der Waals surface area contributed by atoms with Crippen molar-refractivity contribution in [2.24, 2.45) is 0 Å². The van der Waals surface area contributed by atoms with Crippen LogP contribution in [0.3, 0.4) is 0 Å². The van der Waals surface area contributed by atoms with Gasteiger partial charge in [-0.3, -0.25) is 0 Å². The van der Waals surface area contributed by atoms with Gasteiger partial charge in [-0.15, -0.1) is 0 Å². The first-order valence-electron chi connectivity index (χ1n) is 7.05. The molecule has 0 bridgehead atoms. The van der Waals surface area contributed by atoms with E-state index in [2.05, 4.69) is 31.9 Å². The van der Waals surface area contributed by atoms with Gasteiger partial charge < -0.3 is 23.7 Å². The molecular formula is C15H20Br2O5. The summed E-state index contributed by atoms with van der Waals surface area (Å²) < 4.78 is 28.1. The summed E-state index contributed by atoms with van der Waals surface area (Å²) >= 11 is 7.19. The van der Waals surface area contributed by atoms with Gasteiger partial charge in [0.1, 0.15) is 0 Å². The topological polar surface area (TPSA) is 46.2 Å². The Morgan fingerprint density at radius 2 is 1.82 bits per heavy atom. The van der Waals surface area contributed by atoms with E-state index in [1.165, 1.54) is 0 Å². The molecule has 1 aliphatic heterocycles. The maximum atomic E-state index is 5.97. The number of alkyl halides is 1. The van der Waals surface area contributed by atoms with Gasteiger partial charge in [-0.2, -0.15) is 0 Å². The first-order valence-corrected chi connectivity index (χ1v) is 8.75. The Bertz CT molecular complexity index is 481. The number of rotatable bonds is 9. The Kier molecular flexibility index (Phi) is 7.43. The second-order valence-corrected chi connectivity index (χ2v) is 7.10. The molecule has 1 aliphatic rings. The molecule has 0 aromatic heterocycles. The molecule has 7 heteroatoms. The number of ether oxygens (including phenoxy) is 5. The monoisotopic (exact) mass is 438 g/mol. The van der Waals surface area contributed by atoms with E-state index in [-0.39, 0.29) is 17.7 Å². The fraction of sp³-hybridized carbons (Fsp3) is 0.600. The molecule has 1 aromatic rings. The molecule has 22 heavy (non-hydrogen) atoms. The maximum absolute atomic E-state index is 5.97. The van der Waals surface area contributed by atoms with Crippen LogP contribution < -0.4 is 9.47 Å². The standard InChI is InChI=1S/C15H20Br2O5/c1-10(16)15(20-6-5-19-4-3-18-2)11-7-13-14(8-12(11)17)22-9-21-13/h7-8,10,15H,3-6,9H2,1-2H3/t10-,15+/m1/s1. The third-order valence-electron chi connectivity index (χ3n) is 3.17. The van der Waals surface area contributed by atoms with Crippen LogP contribution in [0, 0.1) is 0 Å². The second kappa shape index (κ2) is 9.08. The lowest BCUT2D eigenvalue weighted by Crippen LogP contribution is -2.17. The largest absolute Gasteiger partial charge is 0.454 e. The predicted octanol–water partition coefficient (Wildman–Crippen LogP) is 3.68. The Hall–Kier alpha value is -0.340.